The highest BCUT2D eigenvalue weighted by molar-refractivity contribution is 5.15. The zero-order valence-electron chi connectivity index (χ0n) is 10.9. The lowest BCUT2D eigenvalue weighted by Gasteiger charge is -2.38. The molecule has 86 valence electrons. The van der Waals surface area contributed by atoms with Crippen LogP contribution < -0.4 is 0 Å². The van der Waals surface area contributed by atoms with Crippen LogP contribution in [0.25, 0.3) is 0 Å². The Balaban J connectivity index is 1.65. The standard InChI is InChI=1S/C15H26/c1-6-11-7(2)12(11)8(3)13-9(4)14-10(5)15(13)14/h7-15H,6H2,1-5H3. The SMILES string of the molecule is CCC1C(C)C1C(C)C1C(C)C2C(C)C12. The highest BCUT2D eigenvalue weighted by Crippen LogP contribution is 2.72. The van der Waals surface area contributed by atoms with Crippen LogP contribution in [-0.2, 0) is 0 Å². The van der Waals surface area contributed by atoms with Gasteiger partial charge in [0.15, 0.2) is 0 Å². The Hall–Kier alpha value is 0. The molecule has 0 aromatic carbocycles. The Labute approximate surface area is 94.8 Å². The van der Waals surface area contributed by atoms with Gasteiger partial charge in [-0.05, 0) is 53.3 Å². The van der Waals surface area contributed by atoms with Crippen LogP contribution in [-0.4, -0.2) is 0 Å². The Morgan fingerprint density at radius 1 is 0.867 bits per heavy atom. The van der Waals surface area contributed by atoms with Gasteiger partial charge in [0.25, 0.3) is 0 Å². The zero-order chi connectivity index (χ0) is 10.9. The maximum atomic E-state index is 2.55. The lowest BCUT2D eigenvalue weighted by atomic mass is 9.67. The molecule has 0 spiro atoms. The molecule has 3 rings (SSSR count). The molecule has 3 saturated carbocycles. The fraction of sp³-hybridized carbons (Fsp3) is 1.00. The summed E-state index contributed by atoms with van der Waals surface area (Å²) in [6.45, 7) is 12.4. The molecule has 0 N–H and O–H groups in total. The minimum absolute atomic E-state index is 1.02. The van der Waals surface area contributed by atoms with E-state index in [0.717, 1.165) is 53.3 Å². The minimum Gasteiger partial charge on any atom is -0.0651 e. The minimum atomic E-state index is 1.02. The third kappa shape index (κ3) is 1.14. The van der Waals surface area contributed by atoms with Crippen LogP contribution in [0.1, 0.15) is 41.0 Å². The fourth-order valence-corrected chi connectivity index (χ4v) is 5.60. The van der Waals surface area contributed by atoms with E-state index in [1.165, 1.54) is 6.42 Å². The maximum Gasteiger partial charge on any atom is -0.0318 e. The Morgan fingerprint density at radius 3 is 1.93 bits per heavy atom. The molecule has 0 amide bonds. The van der Waals surface area contributed by atoms with Crippen LogP contribution in [0.4, 0.5) is 0 Å². The molecule has 0 nitrogen and oxygen atoms in total. The van der Waals surface area contributed by atoms with Gasteiger partial charge in [0.1, 0.15) is 0 Å². The third-order valence-electron chi connectivity index (χ3n) is 6.50. The van der Waals surface area contributed by atoms with Gasteiger partial charge in [0.05, 0.1) is 0 Å². The van der Waals surface area contributed by atoms with Gasteiger partial charge >= 0.3 is 0 Å². The van der Waals surface area contributed by atoms with Crippen molar-refractivity contribution < 1.29 is 0 Å². The first-order valence-electron chi connectivity index (χ1n) is 7.09. The Kier molecular flexibility index (Phi) is 2.05. The summed E-state index contributed by atoms with van der Waals surface area (Å²) in [6, 6.07) is 0. The van der Waals surface area contributed by atoms with Crippen LogP contribution >= 0.6 is 0 Å². The molecule has 9 unspecified atom stereocenters. The Bertz CT molecular complexity index is 263. The monoisotopic (exact) mass is 206 g/mol. The van der Waals surface area contributed by atoms with E-state index in [9.17, 15) is 0 Å². The number of fused-ring (bicyclic) bond motifs is 1. The smallest absolute Gasteiger partial charge is 0.0318 e. The van der Waals surface area contributed by atoms with Crippen molar-refractivity contribution in [1.29, 1.82) is 0 Å². The molecule has 0 radical (unpaired) electrons. The molecule has 0 aromatic heterocycles. The van der Waals surface area contributed by atoms with E-state index in [1.807, 2.05) is 0 Å². The maximum absolute atomic E-state index is 2.55. The average molecular weight is 206 g/mol. The summed E-state index contributed by atoms with van der Waals surface area (Å²) >= 11 is 0. The van der Waals surface area contributed by atoms with Crippen molar-refractivity contribution in [1.82, 2.24) is 0 Å². The average Bonchev–Trinajstić information content (AvgIpc) is 3.00. The van der Waals surface area contributed by atoms with E-state index >= 15 is 0 Å². The predicted molar refractivity (Wildman–Crippen MR) is 64.4 cm³/mol. The third-order valence-corrected chi connectivity index (χ3v) is 6.50. The molecular formula is C15H26. The largest absolute Gasteiger partial charge is 0.0651 e. The number of hydrogen-bond acceptors (Lipinski definition) is 0. The summed E-state index contributed by atoms with van der Waals surface area (Å²) in [7, 11) is 0. The van der Waals surface area contributed by atoms with Gasteiger partial charge in [-0.15, -0.1) is 0 Å². The molecule has 3 aliphatic rings. The van der Waals surface area contributed by atoms with Crippen LogP contribution in [0.5, 0.6) is 0 Å². The van der Waals surface area contributed by atoms with Gasteiger partial charge in [0.2, 0.25) is 0 Å². The molecule has 0 bridgehead atoms. The van der Waals surface area contributed by atoms with Crippen molar-refractivity contribution >= 4 is 0 Å². The molecule has 9 atom stereocenters. The molecule has 0 heteroatoms. The molecule has 3 aliphatic carbocycles. The molecule has 0 aliphatic heterocycles. The second kappa shape index (κ2) is 3.02. The zero-order valence-corrected chi connectivity index (χ0v) is 10.9. The molecule has 0 aromatic rings. The van der Waals surface area contributed by atoms with Crippen LogP contribution in [0, 0.1) is 53.3 Å². The topological polar surface area (TPSA) is 0 Å². The van der Waals surface area contributed by atoms with E-state index in [1.54, 1.807) is 0 Å². The Morgan fingerprint density at radius 2 is 1.53 bits per heavy atom. The number of hydrogen-bond donors (Lipinski definition) is 0. The fourth-order valence-electron chi connectivity index (χ4n) is 5.60. The van der Waals surface area contributed by atoms with Crippen LogP contribution in [0.15, 0.2) is 0 Å². The summed E-state index contributed by atoms with van der Waals surface area (Å²) in [5, 5.41) is 0. The van der Waals surface area contributed by atoms with Crippen molar-refractivity contribution in [2.24, 2.45) is 53.3 Å². The quantitative estimate of drug-likeness (QED) is 0.653. The molecule has 0 heterocycles. The van der Waals surface area contributed by atoms with Gasteiger partial charge in [-0.3, -0.25) is 0 Å². The van der Waals surface area contributed by atoms with Gasteiger partial charge in [-0.2, -0.15) is 0 Å². The number of rotatable bonds is 3. The van der Waals surface area contributed by atoms with Gasteiger partial charge in [0, 0.05) is 0 Å². The van der Waals surface area contributed by atoms with Crippen LogP contribution in [0.2, 0.25) is 0 Å². The van der Waals surface area contributed by atoms with Crippen LogP contribution in [0.3, 0.4) is 0 Å². The normalized spacial score (nSPS) is 63.0. The predicted octanol–water partition coefficient (Wildman–Crippen LogP) is 4.06. The first kappa shape index (κ1) is 10.2. The van der Waals surface area contributed by atoms with Crippen molar-refractivity contribution in [2.45, 2.75) is 41.0 Å². The van der Waals surface area contributed by atoms with E-state index < -0.39 is 0 Å². The molecule has 3 fully saturated rings. The van der Waals surface area contributed by atoms with E-state index in [0.29, 0.717) is 0 Å². The van der Waals surface area contributed by atoms with Gasteiger partial charge in [-0.1, -0.05) is 41.0 Å². The summed E-state index contributed by atoms with van der Waals surface area (Å²) in [5.74, 6) is 9.68. The van der Waals surface area contributed by atoms with Gasteiger partial charge in [-0.25, -0.2) is 0 Å². The van der Waals surface area contributed by atoms with Crippen molar-refractivity contribution in [2.75, 3.05) is 0 Å². The second-order valence-corrected chi connectivity index (χ2v) is 6.82. The lowest BCUT2D eigenvalue weighted by molar-refractivity contribution is 0.0916. The first-order valence-corrected chi connectivity index (χ1v) is 7.09. The molecule has 0 saturated heterocycles. The molecular weight excluding hydrogens is 180 g/mol. The first-order chi connectivity index (χ1) is 7.09. The van der Waals surface area contributed by atoms with Crippen molar-refractivity contribution in [3.8, 4) is 0 Å². The highest BCUT2D eigenvalue weighted by Gasteiger charge is 2.68. The van der Waals surface area contributed by atoms with Crippen molar-refractivity contribution in [3.63, 3.8) is 0 Å². The highest BCUT2D eigenvalue weighted by atomic mass is 14.7. The molecule has 15 heavy (non-hydrogen) atoms. The summed E-state index contributed by atoms with van der Waals surface area (Å²) in [6.07, 6.45) is 1.42. The summed E-state index contributed by atoms with van der Waals surface area (Å²) in [5.41, 5.74) is 0. The lowest BCUT2D eigenvalue weighted by Crippen LogP contribution is -2.34. The van der Waals surface area contributed by atoms with Gasteiger partial charge < -0.3 is 0 Å². The van der Waals surface area contributed by atoms with E-state index in [-0.39, 0.29) is 0 Å². The summed E-state index contributed by atoms with van der Waals surface area (Å²) < 4.78 is 0. The van der Waals surface area contributed by atoms with E-state index in [4.69, 9.17) is 0 Å². The summed E-state index contributed by atoms with van der Waals surface area (Å²) in [4.78, 5) is 0. The van der Waals surface area contributed by atoms with E-state index in [2.05, 4.69) is 34.6 Å². The van der Waals surface area contributed by atoms with Crippen molar-refractivity contribution in [3.05, 3.63) is 0 Å². The second-order valence-electron chi connectivity index (χ2n) is 6.82.